The number of anilines is 1. The van der Waals surface area contributed by atoms with Crippen LogP contribution in [-0.4, -0.2) is 18.2 Å². The average molecular weight is 230 g/mol. The zero-order valence-electron chi connectivity index (χ0n) is 10.3. The summed E-state index contributed by atoms with van der Waals surface area (Å²) in [4.78, 5) is 2.08. The maximum Gasteiger partial charge on any atom is 0.0992 e. The molecular weight excluding hydrogens is 212 g/mol. The van der Waals surface area contributed by atoms with Gasteiger partial charge in [0.15, 0.2) is 0 Å². The van der Waals surface area contributed by atoms with Crippen LogP contribution >= 0.6 is 0 Å². The van der Waals surface area contributed by atoms with E-state index in [-0.39, 0.29) is 0 Å². The Morgan fingerprint density at radius 2 is 2.29 bits per heavy atom. The van der Waals surface area contributed by atoms with Crippen LogP contribution in [-0.2, 0) is 0 Å². The summed E-state index contributed by atoms with van der Waals surface area (Å²) in [6.07, 6.45) is 1.27. The van der Waals surface area contributed by atoms with Gasteiger partial charge in [0.1, 0.15) is 0 Å². The first-order valence-electron chi connectivity index (χ1n) is 5.72. The van der Waals surface area contributed by atoms with E-state index < -0.39 is 6.10 Å². The Labute approximate surface area is 103 Å². The molecule has 0 aliphatic heterocycles. The van der Waals surface area contributed by atoms with Gasteiger partial charge >= 0.3 is 0 Å². The van der Waals surface area contributed by atoms with Crippen LogP contribution in [0.1, 0.15) is 31.1 Å². The van der Waals surface area contributed by atoms with Gasteiger partial charge in [-0.1, -0.05) is 12.1 Å². The maximum atomic E-state index is 9.75. The summed E-state index contributed by atoms with van der Waals surface area (Å²) in [5, 5.41) is 18.7. The van der Waals surface area contributed by atoms with Gasteiger partial charge in [0.05, 0.1) is 17.7 Å². The normalized spacial score (nSPS) is 11.6. The summed E-state index contributed by atoms with van der Waals surface area (Å²) >= 11 is 0. The van der Waals surface area contributed by atoms with Crippen molar-refractivity contribution in [1.29, 1.82) is 5.26 Å². The number of hydrogen-bond acceptors (Lipinski definition) is 3. The Kier molecular flexibility index (Phi) is 4.74. The highest BCUT2D eigenvalue weighted by atomic mass is 16.3. The van der Waals surface area contributed by atoms with Crippen molar-refractivity contribution in [3.8, 4) is 6.07 Å². The molecule has 1 atom stereocenters. The number of aliphatic hydroxyl groups excluding tert-OH is 1. The first kappa shape index (κ1) is 13.3. The monoisotopic (exact) mass is 230 g/mol. The number of likely N-dealkylation sites (N-methyl/N-ethyl adjacent to an activating group) is 1. The first-order chi connectivity index (χ1) is 8.13. The molecule has 0 aliphatic carbocycles. The Balaban J connectivity index is 3.25. The lowest BCUT2D eigenvalue weighted by atomic mass is 10.0. The Morgan fingerprint density at radius 3 is 2.76 bits per heavy atom. The number of rotatable bonds is 5. The van der Waals surface area contributed by atoms with E-state index in [0.717, 1.165) is 17.8 Å². The maximum absolute atomic E-state index is 9.75. The van der Waals surface area contributed by atoms with E-state index in [1.54, 1.807) is 13.0 Å². The van der Waals surface area contributed by atoms with Crippen molar-refractivity contribution in [3.05, 3.63) is 42.0 Å². The lowest BCUT2D eigenvalue weighted by Gasteiger charge is -2.25. The number of benzene rings is 1. The summed E-state index contributed by atoms with van der Waals surface area (Å²) in [6, 6.07) is 7.47. The van der Waals surface area contributed by atoms with Crippen LogP contribution in [0.3, 0.4) is 0 Å². The Morgan fingerprint density at radius 1 is 1.59 bits per heavy atom. The van der Waals surface area contributed by atoms with Gasteiger partial charge in [-0.25, -0.2) is 0 Å². The van der Waals surface area contributed by atoms with Crippen molar-refractivity contribution < 1.29 is 5.11 Å². The molecule has 0 heterocycles. The van der Waals surface area contributed by atoms with Gasteiger partial charge in [-0.05, 0) is 26.0 Å². The molecule has 0 bridgehead atoms. The third kappa shape index (κ3) is 3.08. The number of nitrogens with zero attached hydrogens (tertiary/aromatic N) is 2. The summed E-state index contributed by atoms with van der Waals surface area (Å²) < 4.78 is 0. The second kappa shape index (κ2) is 6.07. The van der Waals surface area contributed by atoms with E-state index in [0.29, 0.717) is 12.1 Å². The van der Waals surface area contributed by atoms with Gasteiger partial charge in [-0.3, -0.25) is 0 Å². The molecule has 1 aromatic rings. The number of nitriles is 1. The quantitative estimate of drug-likeness (QED) is 0.791. The Hall–Kier alpha value is -1.79. The van der Waals surface area contributed by atoms with Crippen molar-refractivity contribution in [2.24, 2.45) is 0 Å². The molecule has 1 rings (SSSR count). The van der Waals surface area contributed by atoms with Crippen LogP contribution in [0.5, 0.6) is 0 Å². The molecule has 3 nitrogen and oxygen atoms in total. The highest BCUT2D eigenvalue weighted by molar-refractivity contribution is 5.58. The molecule has 0 aromatic heterocycles. The fourth-order valence-corrected chi connectivity index (χ4v) is 1.79. The molecule has 90 valence electrons. The van der Waals surface area contributed by atoms with Crippen molar-refractivity contribution >= 4 is 5.69 Å². The topological polar surface area (TPSA) is 47.3 Å². The van der Waals surface area contributed by atoms with E-state index in [1.165, 1.54) is 0 Å². The van der Waals surface area contributed by atoms with Gasteiger partial charge in [0.2, 0.25) is 0 Å². The molecule has 0 radical (unpaired) electrons. The van der Waals surface area contributed by atoms with Crippen LogP contribution in [0.15, 0.2) is 30.9 Å². The summed E-state index contributed by atoms with van der Waals surface area (Å²) in [7, 11) is 0. The largest absolute Gasteiger partial charge is 0.389 e. The van der Waals surface area contributed by atoms with Crippen molar-refractivity contribution in [3.63, 3.8) is 0 Å². The highest BCUT2D eigenvalue weighted by Gasteiger charge is 2.13. The average Bonchev–Trinajstić information content (AvgIpc) is 2.35. The van der Waals surface area contributed by atoms with Crippen LogP contribution < -0.4 is 4.90 Å². The lowest BCUT2D eigenvalue weighted by Crippen LogP contribution is -2.24. The predicted octanol–water partition coefficient (Wildman–Crippen LogP) is 2.62. The second-order valence-electron chi connectivity index (χ2n) is 3.89. The van der Waals surface area contributed by atoms with E-state index in [2.05, 4.69) is 17.5 Å². The van der Waals surface area contributed by atoms with E-state index in [1.807, 2.05) is 25.1 Å². The molecular formula is C14H18N2O. The lowest BCUT2D eigenvalue weighted by molar-refractivity contribution is 0.199. The summed E-state index contributed by atoms with van der Waals surface area (Å²) in [5.41, 5.74) is 2.35. The molecule has 0 aliphatic rings. The first-order valence-corrected chi connectivity index (χ1v) is 5.72. The highest BCUT2D eigenvalue weighted by Crippen LogP contribution is 2.27. The van der Waals surface area contributed by atoms with Crippen LogP contribution in [0, 0.1) is 11.3 Å². The third-order valence-corrected chi connectivity index (χ3v) is 2.68. The van der Waals surface area contributed by atoms with Crippen LogP contribution in [0.25, 0.3) is 0 Å². The zero-order chi connectivity index (χ0) is 12.8. The molecule has 0 saturated carbocycles. The minimum absolute atomic E-state index is 0.545. The SMILES string of the molecule is C=CCN(CC)c1cc(C#N)ccc1[C@H](C)O. The summed E-state index contributed by atoms with van der Waals surface area (Å²) in [5.74, 6) is 0. The van der Waals surface area contributed by atoms with Crippen molar-refractivity contribution in [2.45, 2.75) is 20.0 Å². The number of aliphatic hydroxyl groups is 1. The van der Waals surface area contributed by atoms with Crippen LogP contribution in [0.2, 0.25) is 0 Å². The van der Waals surface area contributed by atoms with E-state index >= 15 is 0 Å². The number of hydrogen-bond donors (Lipinski definition) is 1. The van der Waals surface area contributed by atoms with Gasteiger partial charge in [-0.2, -0.15) is 5.26 Å². The molecule has 1 N–H and O–H groups in total. The molecule has 0 unspecified atom stereocenters. The molecule has 0 fully saturated rings. The van der Waals surface area contributed by atoms with E-state index in [9.17, 15) is 5.11 Å². The standard InChI is InChI=1S/C14H18N2O/c1-4-8-16(5-2)14-9-12(10-15)6-7-13(14)11(3)17/h4,6-7,9,11,17H,1,5,8H2,2-3H3/t11-/m0/s1. The molecule has 1 aromatic carbocycles. The predicted molar refractivity (Wildman–Crippen MR) is 69.9 cm³/mol. The molecule has 0 amide bonds. The van der Waals surface area contributed by atoms with Gasteiger partial charge in [0, 0.05) is 24.3 Å². The third-order valence-electron chi connectivity index (χ3n) is 2.68. The van der Waals surface area contributed by atoms with Crippen LogP contribution in [0.4, 0.5) is 5.69 Å². The summed E-state index contributed by atoms with van der Waals surface area (Å²) in [6.45, 7) is 8.99. The second-order valence-corrected chi connectivity index (χ2v) is 3.89. The van der Waals surface area contributed by atoms with Gasteiger partial charge in [0.25, 0.3) is 0 Å². The smallest absolute Gasteiger partial charge is 0.0992 e. The van der Waals surface area contributed by atoms with E-state index in [4.69, 9.17) is 5.26 Å². The minimum Gasteiger partial charge on any atom is -0.389 e. The minimum atomic E-state index is -0.545. The van der Waals surface area contributed by atoms with Crippen molar-refractivity contribution in [2.75, 3.05) is 18.0 Å². The Bertz CT molecular complexity index is 432. The molecule has 0 saturated heterocycles. The molecule has 0 spiro atoms. The molecule has 17 heavy (non-hydrogen) atoms. The fourth-order valence-electron chi connectivity index (χ4n) is 1.79. The fraction of sp³-hybridized carbons (Fsp3) is 0.357. The molecule has 3 heteroatoms. The zero-order valence-corrected chi connectivity index (χ0v) is 10.3. The van der Waals surface area contributed by atoms with Gasteiger partial charge in [-0.15, -0.1) is 6.58 Å². The van der Waals surface area contributed by atoms with Gasteiger partial charge < -0.3 is 10.0 Å². The van der Waals surface area contributed by atoms with Crippen molar-refractivity contribution in [1.82, 2.24) is 0 Å².